The lowest BCUT2D eigenvalue weighted by Crippen LogP contribution is -2.17. The third-order valence-electron chi connectivity index (χ3n) is 2.94. The normalized spacial score (nSPS) is 10.8. The fraction of sp³-hybridized carbons (Fsp3) is 0.133. The Morgan fingerprint density at radius 3 is 2.74 bits per heavy atom. The number of ether oxygens (including phenoxy) is 1. The van der Waals surface area contributed by atoms with Crippen molar-refractivity contribution in [3.8, 4) is 11.5 Å². The molecule has 0 aliphatic rings. The van der Waals surface area contributed by atoms with Gasteiger partial charge in [-0.3, -0.25) is 9.78 Å². The second-order valence-corrected chi connectivity index (χ2v) is 6.12. The predicted molar refractivity (Wildman–Crippen MR) is 94.1 cm³/mol. The van der Waals surface area contributed by atoms with Gasteiger partial charge in [-0.25, -0.2) is 5.43 Å². The second kappa shape index (κ2) is 7.56. The number of hydrazone groups is 1. The first-order valence-corrected chi connectivity index (χ1v) is 8.03. The number of hydrogen-bond acceptors (Lipinski definition) is 5. The molecule has 0 fully saturated rings. The van der Waals surface area contributed by atoms with Crippen molar-refractivity contribution in [3.63, 3.8) is 0 Å². The highest BCUT2D eigenvalue weighted by Crippen LogP contribution is 2.41. The molecule has 0 aliphatic heterocycles. The van der Waals surface area contributed by atoms with Gasteiger partial charge >= 0.3 is 0 Å². The summed E-state index contributed by atoms with van der Waals surface area (Å²) < 4.78 is 6.10. The van der Waals surface area contributed by atoms with Gasteiger partial charge in [0, 0.05) is 21.9 Å². The van der Waals surface area contributed by atoms with Crippen molar-refractivity contribution in [2.24, 2.45) is 5.10 Å². The summed E-state index contributed by atoms with van der Waals surface area (Å²) in [4.78, 5) is 16.0. The number of aromatic hydroxyl groups is 1. The molecule has 120 valence electrons. The molecule has 0 aliphatic carbocycles. The van der Waals surface area contributed by atoms with E-state index in [-0.39, 0.29) is 17.4 Å². The lowest BCUT2D eigenvalue weighted by atomic mass is 10.2. The average Bonchev–Trinajstić information content (AvgIpc) is 2.55. The topological polar surface area (TPSA) is 83.8 Å². The molecule has 1 amide bonds. The van der Waals surface area contributed by atoms with Gasteiger partial charge in [0.15, 0.2) is 11.5 Å². The van der Waals surface area contributed by atoms with Crippen molar-refractivity contribution in [1.82, 2.24) is 10.4 Å². The van der Waals surface area contributed by atoms with Crippen molar-refractivity contribution in [1.29, 1.82) is 0 Å². The number of amides is 1. The molecule has 0 saturated carbocycles. The number of methoxy groups -OCH3 is 1. The van der Waals surface area contributed by atoms with Crippen molar-refractivity contribution in [3.05, 3.63) is 50.2 Å². The minimum atomic E-state index is -0.366. The predicted octanol–water partition coefficient (Wildman–Crippen LogP) is 3.39. The van der Waals surface area contributed by atoms with E-state index in [0.29, 0.717) is 20.1 Å². The van der Waals surface area contributed by atoms with E-state index in [1.54, 1.807) is 18.2 Å². The summed E-state index contributed by atoms with van der Waals surface area (Å²) in [5.41, 5.74) is 4.28. The first kappa shape index (κ1) is 17.4. The van der Waals surface area contributed by atoms with Crippen LogP contribution in [-0.2, 0) is 0 Å². The van der Waals surface area contributed by atoms with E-state index in [1.165, 1.54) is 19.5 Å². The zero-order valence-electron chi connectivity index (χ0n) is 12.3. The van der Waals surface area contributed by atoms with Crippen LogP contribution >= 0.6 is 31.9 Å². The van der Waals surface area contributed by atoms with Gasteiger partial charge in [-0.05, 0) is 57.0 Å². The fourth-order valence-corrected chi connectivity index (χ4v) is 2.52. The molecule has 0 saturated heterocycles. The SMILES string of the molecule is COc1cc(/C=N\NC(=O)c2ccc(C)nc2)c(Br)c(Br)c1O. The second-order valence-electron chi connectivity index (χ2n) is 4.53. The van der Waals surface area contributed by atoms with Gasteiger partial charge in [0.2, 0.25) is 0 Å². The van der Waals surface area contributed by atoms with E-state index in [9.17, 15) is 9.90 Å². The Bertz CT molecular complexity index is 762. The minimum absolute atomic E-state index is 0.0220. The number of phenolic OH excluding ortho intramolecular Hbond substituents is 1. The molecule has 1 aromatic carbocycles. The van der Waals surface area contributed by atoms with Gasteiger partial charge in [-0.1, -0.05) is 0 Å². The van der Waals surface area contributed by atoms with Crippen LogP contribution in [0.1, 0.15) is 21.6 Å². The Kier molecular flexibility index (Phi) is 5.73. The van der Waals surface area contributed by atoms with Crippen molar-refractivity contribution in [2.45, 2.75) is 6.92 Å². The van der Waals surface area contributed by atoms with Gasteiger partial charge in [-0.15, -0.1) is 0 Å². The van der Waals surface area contributed by atoms with Crippen molar-refractivity contribution >= 4 is 44.0 Å². The number of halogens is 2. The highest BCUT2D eigenvalue weighted by atomic mass is 79.9. The first-order chi connectivity index (χ1) is 10.9. The molecular formula is C15H13Br2N3O3. The van der Waals surface area contributed by atoms with Crippen LogP contribution in [0, 0.1) is 6.92 Å². The Balaban J connectivity index is 2.16. The Hall–Kier alpha value is -1.93. The molecular weight excluding hydrogens is 430 g/mol. The standard InChI is InChI=1S/C15H13Br2N3O3/c1-8-3-4-9(6-18-8)15(22)20-19-7-10-5-11(23-2)14(21)13(17)12(10)16/h3-7,21H,1-2H3,(H,20,22)/b19-7-. The maximum absolute atomic E-state index is 11.9. The number of carbonyl (C=O) groups is 1. The number of nitrogens with one attached hydrogen (secondary N) is 1. The van der Waals surface area contributed by atoms with Gasteiger partial charge in [-0.2, -0.15) is 5.10 Å². The summed E-state index contributed by atoms with van der Waals surface area (Å²) in [6, 6.07) is 5.01. The van der Waals surface area contributed by atoms with E-state index in [1.807, 2.05) is 6.92 Å². The molecule has 2 rings (SSSR count). The van der Waals surface area contributed by atoms with Crippen LogP contribution in [0.15, 0.2) is 38.4 Å². The van der Waals surface area contributed by atoms with Crippen LogP contribution in [0.4, 0.5) is 0 Å². The molecule has 1 heterocycles. The van der Waals surface area contributed by atoms with Crippen LogP contribution < -0.4 is 10.2 Å². The Labute approximate surface area is 149 Å². The number of aromatic nitrogens is 1. The summed E-state index contributed by atoms with van der Waals surface area (Å²) >= 11 is 6.59. The molecule has 6 nitrogen and oxygen atoms in total. The summed E-state index contributed by atoms with van der Waals surface area (Å²) in [5.74, 6) is -0.100. The number of pyridine rings is 1. The molecule has 23 heavy (non-hydrogen) atoms. The van der Waals surface area contributed by atoms with Crippen LogP contribution in [0.3, 0.4) is 0 Å². The number of aryl methyl sites for hydroxylation is 1. The Morgan fingerprint density at radius 2 is 2.13 bits per heavy atom. The highest BCUT2D eigenvalue weighted by molar-refractivity contribution is 9.13. The first-order valence-electron chi connectivity index (χ1n) is 6.45. The molecule has 0 unspecified atom stereocenters. The lowest BCUT2D eigenvalue weighted by molar-refractivity contribution is 0.0955. The minimum Gasteiger partial charge on any atom is -0.503 e. The number of nitrogens with zero attached hydrogens (tertiary/aromatic N) is 2. The third-order valence-corrected chi connectivity index (χ3v) is 5.10. The van der Waals surface area contributed by atoms with Crippen LogP contribution in [0.2, 0.25) is 0 Å². The lowest BCUT2D eigenvalue weighted by Gasteiger charge is -2.09. The molecule has 1 aromatic heterocycles. The van der Waals surface area contributed by atoms with Gasteiger partial charge < -0.3 is 9.84 Å². The third kappa shape index (κ3) is 4.08. The largest absolute Gasteiger partial charge is 0.503 e. The van der Waals surface area contributed by atoms with E-state index in [4.69, 9.17) is 4.74 Å². The maximum atomic E-state index is 11.9. The van der Waals surface area contributed by atoms with Crippen LogP contribution in [0.25, 0.3) is 0 Å². The summed E-state index contributed by atoms with van der Waals surface area (Å²) in [5, 5.41) is 13.8. The molecule has 2 aromatic rings. The van der Waals surface area contributed by atoms with Gasteiger partial charge in [0.1, 0.15) is 0 Å². The fourth-order valence-electron chi connectivity index (χ4n) is 1.69. The molecule has 0 radical (unpaired) electrons. The van der Waals surface area contributed by atoms with Crippen molar-refractivity contribution in [2.75, 3.05) is 7.11 Å². The monoisotopic (exact) mass is 441 g/mol. The van der Waals surface area contributed by atoms with Crippen molar-refractivity contribution < 1.29 is 14.6 Å². The van der Waals surface area contributed by atoms with Gasteiger partial charge in [0.25, 0.3) is 5.91 Å². The smallest absolute Gasteiger partial charge is 0.272 e. The van der Waals surface area contributed by atoms with E-state index < -0.39 is 0 Å². The number of hydrogen-bond donors (Lipinski definition) is 2. The summed E-state index contributed by atoms with van der Waals surface area (Å²) in [7, 11) is 1.45. The maximum Gasteiger partial charge on any atom is 0.272 e. The highest BCUT2D eigenvalue weighted by Gasteiger charge is 2.13. The zero-order valence-corrected chi connectivity index (χ0v) is 15.5. The molecule has 0 atom stereocenters. The molecule has 0 bridgehead atoms. The number of phenols is 1. The molecule has 8 heteroatoms. The Morgan fingerprint density at radius 1 is 1.39 bits per heavy atom. The van der Waals surface area contributed by atoms with Gasteiger partial charge in [0.05, 0.1) is 23.4 Å². The molecule has 2 N–H and O–H groups in total. The number of rotatable bonds is 4. The van der Waals surface area contributed by atoms with E-state index in [0.717, 1.165) is 5.69 Å². The van der Waals surface area contributed by atoms with E-state index in [2.05, 4.69) is 47.4 Å². The average molecular weight is 443 g/mol. The summed E-state index contributed by atoms with van der Waals surface area (Å²) in [6.45, 7) is 1.84. The number of benzene rings is 1. The summed E-state index contributed by atoms with van der Waals surface area (Å²) in [6.07, 6.45) is 2.92. The zero-order chi connectivity index (χ0) is 17.0. The van der Waals surface area contributed by atoms with Crippen LogP contribution in [0.5, 0.6) is 11.5 Å². The number of carbonyl (C=O) groups excluding carboxylic acids is 1. The molecule has 0 spiro atoms. The quantitative estimate of drug-likeness (QED) is 0.561. The van der Waals surface area contributed by atoms with Crippen LogP contribution in [-0.4, -0.2) is 29.3 Å². The van der Waals surface area contributed by atoms with E-state index >= 15 is 0 Å².